The standard InChI is InChI=1S/C6H10Br2O2/c1-3(9)5(7)6(8)4(2)10/h3-4,9-10H,1-2H3/b6-5+. The highest BCUT2D eigenvalue weighted by Gasteiger charge is 2.10. The summed E-state index contributed by atoms with van der Waals surface area (Å²) in [6.07, 6.45) is -1.16. The van der Waals surface area contributed by atoms with Gasteiger partial charge in [0.15, 0.2) is 0 Å². The molecule has 10 heavy (non-hydrogen) atoms. The molecule has 0 saturated heterocycles. The van der Waals surface area contributed by atoms with Gasteiger partial charge in [-0.3, -0.25) is 0 Å². The molecule has 0 saturated carbocycles. The van der Waals surface area contributed by atoms with Crippen molar-refractivity contribution in [2.75, 3.05) is 0 Å². The molecule has 2 N–H and O–H groups in total. The third-order valence-corrected chi connectivity index (χ3v) is 3.67. The zero-order valence-corrected chi connectivity index (χ0v) is 8.98. The van der Waals surface area contributed by atoms with E-state index in [1.807, 2.05) is 0 Å². The Morgan fingerprint density at radius 1 is 1.00 bits per heavy atom. The number of hydrogen-bond acceptors (Lipinski definition) is 2. The highest BCUT2D eigenvalue weighted by Crippen LogP contribution is 2.23. The van der Waals surface area contributed by atoms with E-state index in [-0.39, 0.29) is 0 Å². The molecule has 0 aliphatic carbocycles. The Bertz CT molecular complexity index is 125. The van der Waals surface area contributed by atoms with Gasteiger partial charge in [-0.1, -0.05) is 31.9 Å². The number of rotatable bonds is 2. The molecule has 0 aromatic carbocycles. The second kappa shape index (κ2) is 4.49. The van der Waals surface area contributed by atoms with Crippen LogP contribution in [0.5, 0.6) is 0 Å². The Morgan fingerprint density at radius 2 is 1.20 bits per heavy atom. The molecule has 0 aliphatic rings. The first kappa shape index (κ1) is 10.6. The van der Waals surface area contributed by atoms with E-state index in [9.17, 15) is 0 Å². The van der Waals surface area contributed by atoms with E-state index in [0.29, 0.717) is 8.96 Å². The molecule has 0 rings (SSSR count). The summed E-state index contributed by atoms with van der Waals surface area (Å²) in [5, 5.41) is 18.0. The fourth-order valence-corrected chi connectivity index (χ4v) is 1.06. The molecule has 0 amide bonds. The Balaban J connectivity index is 4.34. The predicted octanol–water partition coefficient (Wildman–Crippen LogP) is 1.75. The van der Waals surface area contributed by atoms with Crippen LogP contribution in [-0.4, -0.2) is 22.4 Å². The van der Waals surface area contributed by atoms with Gasteiger partial charge in [-0.15, -0.1) is 0 Å². The molecule has 60 valence electrons. The van der Waals surface area contributed by atoms with E-state index in [1.54, 1.807) is 13.8 Å². The molecular formula is C6H10Br2O2. The Morgan fingerprint density at radius 3 is 1.30 bits per heavy atom. The highest BCUT2D eigenvalue weighted by atomic mass is 79.9. The summed E-state index contributed by atoms with van der Waals surface area (Å²) in [6.45, 7) is 3.24. The molecule has 2 unspecified atom stereocenters. The Hall–Kier alpha value is 0.620. The van der Waals surface area contributed by atoms with Crippen molar-refractivity contribution in [3.8, 4) is 0 Å². The van der Waals surface area contributed by atoms with Crippen LogP contribution in [0.25, 0.3) is 0 Å². The van der Waals surface area contributed by atoms with Crippen LogP contribution in [0.2, 0.25) is 0 Å². The maximum absolute atomic E-state index is 8.99. The van der Waals surface area contributed by atoms with Crippen LogP contribution in [0.3, 0.4) is 0 Å². The average molecular weight is 274 g/mol. The lowest BCUT2D eigenvalue weighted by molar-refractivity contribution is 0.223. The summed E-state index contributed by atoms with van der Waals surface area (Å²) in [7, 11) is 0. The molecular weight excluding hydrogens is 264 g/mol. The van der Waals surface area contributed by atoms with Gasteiger partial charge in [0.1, 0.15) is 0 Å². The molecule has 0 aromatic heterocycles. The fourth-order valence-electron chi connectivity index (χ4n) is 0.399. The van der Waals surface area contributed by atoms with Crippen LogP contribution in [0.4, 0.5) is 0 Å². The first-order valence-corrected chi connectivity index (χ1v) is 4.46. The minimum atomic E-state index is -0.580. The number of aliphatic hydroxyl groups excluding tert-OH is 2. The molecule has 0 bridgehead atoms. The van der Waals surface area contributed by atoms with Gasteiger partial charge in [0.05, 0.1) is 12.2 Å². The summed E-state index contributed by atoms with van der Waals surface area (Å²) in [4.78, 5) is 0. The van der Waals surface area contributed by atoms with E-state index in [1.165, 1.54) is 0 Å². The summed E-state index contributed by atoms with van der Waals surface area (Å²) >= 11 is 6.26. The fraction of sp³-hybridized carbons (Fsp3) is 0.667. The second-order valence-corrected chi connectivity index (χ2v) is 3.76. The SMILES string of the molecule is CC(O)/C(Br)=C(\Br)C(C)O. The third kappa shape index (κ3) is 3.14. The molecule has 2 nitrogen and oxygen atoms in total. The second-order valence-electron chi connectivity index (χ2n) is 2.05. The zero-order valence-electron chi connectivity index (χ0n) is 5.81. The predicted molar refractivity (Wildman–Crippen MR) is 48.2 cm³/mol. The van der Waals surface area contributed by atoms with Crippen LogP contribution >= 0.6 is 31.9 Å². The van der Waals surface area contributed by atoms with Crippen LogP contribution in [0.1, 0.15) is 13.8 Å². The van der Waals surface area contributed by atoms with Gasteiger partial charge in [-0.2, -0.15) is 0 Å². The van der Waals surface area contributed by atoms with Gasteiger partial charge in [0.2, 0.25) is 0 Å². The lowest BCUT2D eigenvalue weighted by atomic mass is 10.3. The number of aliphatic hydroxyl groups is 2. The zero-order chi connectivity index (χ0) is 8.31. The summed E-state index contributed by atoms with van der Waals surface area (Å²) in [5.74, 6) is 0. The largest absolute Gasteiger partial charge is 0.388 e. The quantitative estimate of drug-likeness (QED) is 0.805. The monoisotopic (exact) mass is 272 g/mol. The van der Waals surface area contributed by atoms with Gasteiger partial charge in [-0.05, 0) is 13.8 Å². The third-order valence-electron chi connectivity index (χ3n) is 0.962. The maximum atomic E-state index is 8.99. The van der Waals surface area contributed by atoms with Crippen molar-refractivity contribution in [3.05, 3.63) is 8.96 Å². The van der Waals surface area contributed by atoms with Crippen molar-refractivity contribution >= 4 is 31.9 Å². The Kier molecular flexibility index (Phi) is 4.77. The molecule has 0 heterocycles. The van der Waals surface area contributed by atoms with Gasteiger partial charge in [0.25, 0.3) is 0 Å². The molecule has 0 aromatic rings. The van der Waals surface area contributed by atoms with Crippen LogP contribution in [-0.2, 0) is 0 Å². The summed E-state index contributed by atoms with van der Waals surface area (Å²) < 4.78 is 1.17. The normalized spacial score (nSPS) is 19.8. The summed E-state index contributed by atoms with van der Waals surface area (Å²) in [5.41, 5.74) is 0. The van der Waals surface area contributed by atoms with Crippen molar-refractivity contribution in [2.45, 2.75) is 26.1 Å². The van der Waals surface area contributed by atoms with E-state index >= 15 is 0 Å². The van der Waals surface area contributed by atoms with Gasteiger partial charge < -0.3 is 10.2 Å². The van der Waals surface area contributed by atoms with E-state index in [0.717, 1.165) is 0 Å². The molecule has 0 spiro atoms. The lowest BCUT2D eigenvalue weighted by Gasteiger charge is -2.08. The molecule has 0 aliphatic heterocycles. The maximum Gasteiger partial charge on any atom is 0.0835 e. The Labute approximate surface area is 77.2 Å². The smallest absolute Gasteiger partial charge is 0.0835 e. The first-order valence-electron chi connectivity index (χ1n) is 2.88. The number of halogens is 2. The van der Waals surface area contributed by atoms with E-state index < -0.39 is 12.2 Å². The summed E-state index contributed by atoms with van der Waals surface area (Å²) in [6, 6.07) is 0. The van der Waals surface area contributed by atoms with Crippen LogP contribution < -0.4 is 0 Å². The van der Waals surface area contributed by atoms with Crippen molar-refractivity contribution in [1.82, 2.24) is 0 Å². The molecule has 0 fully saturated rings. The van der Waals surface area contributed by atoms with Crippen LogP contribution in [0.15, 0.2) is 8.96 Å². The van der Waals surface area contributed by atoms with Crippen molar-refractivity contribution in [3.63, 3.8) is 0 Å². The molecule has 4 heteroatoms. The van der Waals surface area contributed by atoms with Gasteiger partial charge >= 0.3 is 0 Å². The van der Waals surface area contributed by atoms with E-state index in [2.05, 4.69) is 31.9 Å². The van der Waals surface area contributed by atoms with Gasteiger partial charge in [0, 0.05) is 8.96 Å². The van der Waals surface area contributed by atoms with Crippen LogP contribution in [0, 0.1) is 0 Å². The van der Waals surface area contributed by atoms with Crippen molar-refractivity contribution in [2.24, 2.45) is 0 Å². The minimum Gasteiger partial charge on any atom is -0.388 e. The van der Waals surface area contributed by atoms with Crippen molar-refractivity contribution in [1.29, 1.82) is 0 Å². The first-order chi connectivity index (χ1) is 4.46. The highest BCUT2D eigenvalue weighted by molar-refractivity contribution is 9.14. The minimum absolute atomic E-state index is 0.580. The topological polar surface area (TPSA) is 40.5 Å². The molecule has 0 radical (unpaired) electrons. The lowest BCUT2D eigenvalue weighted by Crippen LogP contribution is -2.07. The van der Waals surface area contributed by atoms with Gasteiger partial charge in [-0.25, -0.2) is 0 Å². The number of hydrogen-bond donors (Lipinski definition) is 2. The van der Waals surface area contributed by atoms with Crippen molar-refractivity contribution < 1.29 is 10.2 Å². The molecule has 2 atom stereocenters. The van der Waals surface area contributed by atoms with E-state index in [4.69, 9.17) is 10.2 Å². The average Bonchev–Trinajstić information content (AvgIpc) is 1.84.